The van der Waals surface area contributed by atoms with E-state index in [1.807, 2.05) is 79.2 Å². The van der Waals surface area contributed by atoms with Crippen LogP contribution in [0, 0.1) is 20.8 Å². The smallest absolute Gasteiger partial charge is 0.255 e. The number of hydrogen-bond acceptors (Lipinski definition) is 2. The van der Waals surface area contributed by atoms with E-state index in [0.29, 0.717) is 5.56 Å². The van der Waals surface area contributed by atoms with E-state index < -0.39 is 0 Å². The van der Waals surface area contributed by atoms with Gasteiger partial charge in [0.1, 0.15) is 5.65 Å². The summed E-state index contributed by atoms with van der Waals surface area (Å²) in [6.07, 6.45) is 4.01. The maximum Gasteiger partial charge on any atom is 0.255 e. The van der Waals surface area contributed by atoms with E-state index in [4.69, 9.17) is 4.98 Å². The lowest BCUT2D eigenvalue weighted by molar-refractivity contribution is 0.102. The van der Waals surface area contributed by atoms with Crippen molar-refractivity contribution in [3.63, 3.8) is 0 Å². The van der Waals surface area contributed by atoms with Gasteiger partial charge >= 0.3 is 0 Å². The Hall–Kier alpha value is -3.40. The summed E-state index contributed by atoms with van der Waals surface area (Å²) in [5.41, 5.74) is 7.39. The van der Waals surface area contributed by atoms with Crippen LogP contribution in [0.2, 0.25) is 0 Å². The van der Waals surface area contributed by atoms with Crippen LogP contribution in [0.5, 0.6) is 0 Å². The fourth-order valence-electron chi connectivity index (χ4n) is 3.23. The van der Waals surface area contributed by atoms with Crippen molar-refractivity contribution < 1.29 is 4.79 Å². The molecule has 0 spiro atoms. The van der Waals surface area contributed by atoms with Gasteiger partial charge in [-0.15, -0.1) is 0 Å². The molecule has 0 aliphatic heterocycles. The molecule has 2 aromatic carbocycles. The Balaban J connectivity index is 1.70. The molecular weight excluding hydrogens is 334 g/mol. The largest absolute Gasteiger partial charge is 0.322 e. The predicted molar refractivity (Wildman–Crippen MR) is 109 cm³/mol. The fourth-order valence-corrected chi connectivity index (χ4v) is 3.23. The molecule has 2 heterocycles. The van der Waals surface area contributed by atoms with E-state index in [9.17, 15) is 4.79 Å². The van der Waals surface area contributed by atoms with Crippen molar-refractivity contribution >= 4 is 17.2 Å². The normalized spacial score (nSPS) is 10.9. The van der Waals surface area contributed by atoms with Crippen LogP contribution in [0.4, 0.5) is 5.69 Å². The molecule has 4 rings (SSSR count). The first kappa shape index (κ1) is 17.0. The molecule has 0 atom stereocenters. The number of aryl methyl sites for hydroxylation is 3. The van der Waals surface area contributed by atoms with Gasteiger partial charge in [-0.2, -0.15) is 0 Å². The number of aromatic nitrogens is 2. The first-order chi connectivity index (χ1) is 13.0. The van der Waals surface area contributed by atoms with E-state index in [2.05, 4.69) is 18.3 Å². The molecule has 1 N–H and O–H groups in total. The summed E-state index contributed by atoms with van der Waals surface area (Å²) in [4.78, 5) is 17.4. The molecule has 0 unspecified atom stereocenters. The molecule has 4 aromatic rings. The Morgan fingerprint density at radius 2 is 1.70 bits per heavy atom. The maximum absolute atomic E-state index is 12.7. The third kappa shape index (κ3) is 3.22. The van der Waals surface area contributed by atoms with Gasteiger partial charge in [0.15, 0.2) is 0 Å². The monoisotopic (exact) mass is 355 g/mol. The molecule has 0 aliphatic carbocycles. The van der Waals surface area contributed by atoms with Gasteiger partial charge in [0.25, 0.3) is 5.91 Å². The van der Waals surface area contributed by atoms with Gasteiger partial charge in [-0.05, 0) is 55.7 Å². The highest BCUT2D eigenvalue weighted by atomic mass is 16.1. The number of nitrogens with one attached hydrogen (secondary N) is 1. The van der Waals surface area contributed by atoms with Crippen LogP contribution in [0.1, 0.15) is 27.0 Å². The van der Waals surface area contributed by atoms with Crippen molar-refractivity contribution in [2.24, 2.45) is 0 Å². The highest BCUT2D eigenvalue weighted by molar-refractivity contribution is 6.05. The lowest BCUT2D eigenvalue weighted by Crippen LogP contribution is -2.14. The van der Waals surface area contributed by atoms with Gasteiger partial charge in [0.2, 0.25) is 0 Å². The van der Waals surface area contributed by atoms with Crippen molar-refractivity contribution in [1.29, 1.82) is 0 Å². The van der Waals surface area contributed by atoms with Crippen LogP contribution < -0.4 is 5.32 Å². The topological polar surface area (TPSA) is 46.4 Å². The van der Waals surface area contributed by atoms with Crippen molar-refractivity contribution in [2.75, 3.05) is 5.32 Å². The van der Waals surface area contributed by atoms with Crippen LogP contribution in [0.3, 0.4) is 0 Å². The van der Waals surface area contributed by atoms with E-state index in [1.165, 1.54) is 0 Å². The van der Waals surface area contributed by atoms with E-state index in [1.54, 1.807) is 0 Å². The number of carbonyl (C=O) groups excluding carboxylic acids is 1. The SMILES string of the molecule is Cc1ccc(-c2cn3cccc(C)c3n2)cc1NC(=O)c1ccccc1C. The number of fused-ring (bicyclic) bond motifs is 1. The highest BCUT2D eigenvalue weighted by Crippen LogP contribution is 2.26. The minimum atomic E-state index is -0.0980. The number of carbonyl (C=O) groups is 1. The Morgan fingerprint density at radius 1 is 0.926 bits per heavy atom. The van der Waals surface area contributed by atoms with Crippen LogP contribution in [-0.4, -0.2) is 15.3 Å². The maximum atomic E-state index is 12.7. The second-order valence-corrected chi connectivity index (χ2v) is 6.85. The molecule has 0 saturated carbocycles. The number of nitrogens with zero attached hydrogens (tertiary/aromatic N) is 2. The van der Waals surface area contributed by atoms with Crippen LogP contribution in [0.15, 0.2) is 67.0 Å². The minimum Gasteiger partial charge on any atom is -0.322 e. The molecule has 134 valence electrons. The number of benzene rings is 2. The van der Waals surface area contributed by atoms with Gasteiger partial charge < -0.3 is 9.72 Å². The van der Waals surface area contributed by atoms with Gasteiger partial charge in [-0.1, -0.05) is 36.4 Å². The van der Waals surface area contributed by atoms with Crippen molar-refractivity contribution in [3.8, 4) is 11.3 Å². The zero-order valence-electron chi connectivity index (χ0n) is 15.7. The molecule has 2 aromatic heterocycles. The predicted octanol–water partition coefficient (Wildman–Crippen LogP) is 5.18. The number of amides is 1. The second kappa shape index (κ2) is 6.72. The third-order valence-corrected chi connectivity index (χ3v) is 4.85. The Bertz CT molecular complexity index is 1160. The standard InChI is InChI=1S/C23H21N3O/c1-15-7-4-5-9-19(15)23(27)25-20-13-18(11-10-16(20)2)21-14-26-12-6-8-17(3)22(26)24-21/h4-14H,1-3H3,(H,25,27). The van der Waals surface area contributed by atoms with Gasteiger partial charge in [-0.3, -0.25) is 4.79 Å². The van der Waals surface area contributed by atoms with Gasteiger partial charge in [0, 0.05) is 29.2 Å². The molecule has 0 fully saturated rings. The Labute approximate surface area is 158 Å². The summed E-state index contributed by atoms with van der Waals surface area (Å²) in [7, 11) is 0. The number of rotatable bonds is 3. The lowest BCUT2D eigenvalue weighted by Gasteiger charge is -2.11. The van der Waals surface area contributed by atoms with E-state index in [-0.39, 0.29) is 5.91 Å². The van der Waals surface area contributed by atoms with Gasteiger partial charge in [0.05, 0.1) is 5.69 Å². The molecule has 4 nitrogen and oxygen atoms in total. The minimum absolute atomic E-state index is 0.0980. The molecule has 0 aliphatic rings. The molecule has 1 amide bonds. The van der Waals surface area contributed by atoms with Crippen LogP contribution in [0.25, 0.3) is 16.9 Å². The molecule has 4 heteroatoms. The molecule has 0 radical (unpaired) electrons. The average molecular weight is 355 g/mol. The number of anilines is 1. The van der Waals surface area contributed by atoms with Crippen molar-refractivity contribution in [2.45, 2.75) is 20.8 Å². The lowest BCUT2D eigenvalue weighted by atomic mass is 10.1. The average Bonchev–Trinajstić information content (AvgIpc) is 3.09. The van der Waals surface area contributed by atoms with E-state index >= 15 is 0 Å². The summed E-state index contributed by atoms with van der Waals surface area (Å²) < 4.78 is 2.02. The quantitative estimate of drug-likeness (QED) is 0.550. The van der Waals surface area contributed by atoms with Crippen LogP contribution >= 0.6 is 0 Å². The summed E-state index contributed by atoms with van der Waals surface area (Å²) in [5.74, 6) is -0.0980. The second-order valence-electron chi connectivity index (χ2n) is 6.85. The zero-order valence-corrected chi connectivity index (χ0v) is 15.7. The molecular formula is C23H21N3O. The fraction of sp³-hybridized carbons (Fsp3) is 0.130. The number of hydrogen-bond donors (Lipinski definition) is 1. The summed E-state index contributed by atoms with van der Waals surface area (Å²) >= 11 is 0. The molecule has 27 heavy (non-hydrogen) atoms. The van der Waals surface area contributed by atoms with E-state index in [0.717, 1.165) is 39.3 Å². The Kier molecular flexibility index (Phi) is 4.24. The van der Waals surface area contributed by atoms with Crippen LogP contribution in [-0.2, 0) is 0 Å². The number of imidazole rings is 1. The summed E-state index contributed by atoms with van der Waals surface area (Å²) in [6, 6.07) is 17.7. The molecule has 0 bridgehead atoms. The van der Waals surface area contributed by atoms with Crippen molar-refractivity contribution in [3.05, 3.63) is 89.2 Å². The summed E-state index contributed by atoms with van der Waals surface area (Å²) in [6.45, 7) is 5.98. The highest BCUT2D eigenvalue weighted by Gasteiger charge is 2.12. The molecule has 0 saturated heterocycles. The zero-order chi connectivity index (χ0) is 19.0. The first-order valence-electron chi connectivity index (χ1n) is 8.95. The van der Waals surface area contributed by atoms with Crippen molar-refractivity contribution in [1.82, 2.24) is 9.38 Å². The number of pyridine rings is 1. The summed E-state index contributed by atoms with van der Waals surface area (Å²) in [5, 5.41) is 3.05. The Morgan fingerprint density at radius 3 is 2.48 bits per heavy atom. The first-order valence-corrected chi connectivity index (χ1v) is 8.95. The third-order valence-electron chi connectivity index (χ3n) is 4.85. The van der Waals surface area contributed by atoms with Gasteiger partial charge in [-0.25, -0.2) is 4.98 Å².